The van der Waals surface area contributed by atoms with Crippen molar-refractivity contribution in [3.8, 4) is 11.5 Å². The van der Waals surface area contributed by atoms with E-state index in [1.54, 1.807) is 19.9 Å². The number of carbonyl (C=O) groups excluding carboxylic acids is 3. The molecule has 0 radical (unpaired) electrons. The zero-order chi connectivity index (χ0) is 37.0. The highest BCUT2D eigenvalue weighted by Gasteiger charge is 2.33. The maximum Gasteiger partial charge on any atom is 0.295 e. The molecule has 1 aromatic heterocycles. The van der Waals surface area contributed by atoms with Gasteiger partial charge in [0, 0.05) is 57.0 Å². The van der Waals surface area contributed by atoms with E-state index in [4.69, 9.17) is 18.6 Å². The first-order valence-electron chi connectivity index (χ1n) is 15.3. The third-order valence-corrected chi connectivity index (χ3v) is 8.00. The zero-order valence-corrected chi connectivity index (χ0v) is 28.9. The fourth-order valence-corrected chi connectivity index (χ4v) is 5.49. The van der Waals surface area contributed by atoms with Crippen LogP contribution in [0.1, 0.15) is 50.7 Å². The number of anilines is 3. The van der Waals surface area contributed by atoms with Gasteiger partial charge in [0.2, 0.25) is 17.6 Å². The molecule has 2 heterocycles. The number of rotatable bonds is 9. The Morgan fingerprint density at radius 3 is 2.08 bits per heavy atom. The van der Waals surface area contributed by atoms with Crippen molar-refractivity contribution in [3.63, 3.8) is 0 Å². The van der Waals surface area contributed by atoms with E-state index in [0.717, 1.165) is 36.3 Å². The highest BCUT2D eigenvalue weighted by atomic mass is 19.1. The van der Waals surface area contributed by atoms with Crippen LogP contribution < -0.4 is 34.8 Å². The molecule has 1 saturated heterocycles. The summed E-state index contributed by atoms with van der Waals surface area (Å²) in [6.07, 6.45) is 1.15. The molecule has 14 nitrogen and oxygen atoms in total. The number of nitro benzene ring substituents is 1. The second-order valence-corrected chi connectivity index (χ2v) is 11.4. The van der Waals surface area contributed by atoms with E-state index in [-0.39, 0.29) is 33.5 Å². The molecule has 0 spiro atoms. The number of benzene rings is 2. The average Bonchev–Trinajstić information content (AvgIpc) is 3.47. The minimum Gasteiger partial charge on any atom is -0.494 e. The lowest BCUT2D eigenvalue weighted by Gasteiger charge is -2.29. The largest absolute Gasteiger partial charge is 0.494 e. The Morgan fingerprint density at radius 1 is 0.980 bits per heavy atom. The maximum atomic E-state index is 15.5. The number of amidine groups is 1. The standard InChI is InChI=1S/C34H37F2N5O9/c1-18(2)28-27(50-34(32(28)38(6)20(4)42)33(44)29-30(35)25(47-7)16-26(48-8)31(29)36)17-37-19(3)40(21(5)43)23-10-9-22(15-24(23)41(45)46)39-11-13-49-14-12-39/h9-10,15-17H,11-14H2,1-8H3/b27-17+,37-19+. The molecule has 1 aliphatic heterocycles. The van der Waals surface area contributed by atoms with Crippen LogP contribution >= 0.6 is 0 Å². The maximum absolute atomic E-state index is 15.5. The molecule has 1 fully saturated rings. The van der Waals surface area contributed by atoms with Gasteiger partial charge in [-0.25, -0.2) is 13.8 Å². The van der Waals surface area contributed by atoms with E-state index >= 15 is 8.78 Å². The van der Waals surface area contributed by atoms with Crippen molar-refractivity contribution in [1.82, 2.24) is 0 Å². The number of amides is 2. The summed E-state index contributed by atoms with van der Waals surface area (Å²) in [5.74, 6) is -6.57. The molecule has 0 unspecified atom stereocenters. The van der Waals surface area contributed by atoms with E-state index in [1.165, 1.54) is 40.0 Å². The third kappa shape index (κ3) is 7.19. The summed E-state index contributed by atoms with van der Waals surface area (Å²) >= 11 is 0. The summed E-state index contributed by atoms with van der Waals surface area (Å²) in [7, 11) is 3.61. The molecule has 3 aromatic rings. The number of ketones is 1. The summed E-state index contributed by atoms with van der Waals surface area (Å²) in [6, 6.07) is 5.43. The molecule has 0 aliphatic carbocycles. The highest BCUT2D eigenvalue weighted by Crippen LogP contribution is 2.35. The molecule has 0 bridgehead atoms. The van der Waals surface area contributed by atoms with Gasteiger partial charge in [0.15, 0.2) is 34.3 Å². The second kappa shape index (κ2) is 15.3. The van der Waals surface area contributed by atoms with Crippen LogP contribution in [0.15, 0.2) is 33.7 Å². The van der Waals surface area contributed by atoms with Gasteiger partial charge in [-0.05, 0) is 32.9 Å². The van der Waals surface area contributed by atoms with Gasteiger partial charge < -0.3 is 28.4 Å². The van der Waals surface area contributed by atoms with Crippen molar-refractivity contribution in [2.24, 2.45) is 4.99 Å². The van der Waals surface area contributed by atoms with Gasteiger partial charge in [0.25, 0.3) is 5.69 Å². The molecule has 16 heteroatoms. The second-order valence-electron chi connectivity index (χ2n) is 11.4. The first-order valence-corrected chi connectivity index (χ1v) is 15.3. The molecular weight excluding hydrogens is 660 g/mol. The van der Waals surface area contributed by atoms with Crippen LogP contribution in [0.4, 0.5) is 31.5 Å². The van der Waals surface area contributed by atoms with Gasteiger partial charge in [-0.15, -0.1) is 0 Å². The molecular formula is C34H37F2N5O9. The molecule has 2 amide bonds. The smallest absolute Gasteiger partial charge is 0.295 e. The Hall–Kier alpha value is -5.64. The van der Waals surface area contributed by atoms with E-state index in [0.29, 0.717) is 37.6 Å². The fourth-order valence-electron chi connectivity index (χ4n) is 5.49. The number of nitro groups is 1. The van der Waals surface area contributed by atoms with Crippen LogP contribution in [0.3, 0.4) is 0 Å². The van der Waals surface area contributed by atoms with Crippen molar-refractivity contribution < 1.29 is 46.7 Å². The Balaban J connectivity index is 1.94. The molecule has 1 aliphatic rings. The Labute approximate surface area is 286 Å². The van der Waals surface area contributed by atoms with Crippen molar-refractivity contribution >= 4 is 58.0 Å². The van der Waals surface area contributed by atoms with E-state index in [2.05, 4.69) is 4.99 Å². The lowest BCUT2D eigenvalue weighted by atomic mass is 10.0. The minimum atomic E-state index is -1.32. The number of hydrogen-bond acceptors (Lipinski definition) is 11. The fraction of sp³-hybridized carbons (Fsp3) is 0.353. The number of carbonyl (C=O) groups is 3. The van der Waals surface area contributed by atoms with E-state index in [9.17, 15) is 24.5 Å². The predicted molar refractivity (Wildman–Crippen MR) is 182 cm³/mol. The molecule has 50 heavy (non-hydrogen) atoms. The van der Waals surface area contributed by atoms with Crippen LogP contribution in [0.25, 0.3) is 11.8 Å². The number of hydrogen-bond donors (Lipinski definition) is 0. The molecule has 0 N–H and O–H groups in total. The minimum absolute atomic E-state index is 0.0141. The summed E-state index contributed by atoms with van der Waals surface area (Å²) in [5.41, 5.74) is -0.521. The number of aliphatic imine (C=N–C) groups is 1. The van der Waals surface area contributed by atoms with Gasteiger partial charge in [-0.2, -0.15) is 0 Å². The van der Waals surface area contributed by atoms with Crippen molar-refractivity contribution in [2.45, 2.75) is 34.6 Å². The van der Waals surface area contributed by atoms with Crippen LogP contribution in [0, 0.1) is 21.7 Å². The Bertz CT molecular complexity index is 1990. The van der Waals surface area contributed by atoms with Crippen molar-refractivity contribution in [3.05, 3.63) is 68.0 Å². The summed E-state index contributed by atoms with van der Waals surface area (Å²) in [6.45, 7) is 9.19. The monoisotopic (exact) mass is 697 g/mol. The van der Waals surface area contributed by atoms with Crippen molar-refractivity contribution in [2.75, 3.05) is 62.3 Å². The summed E-state index contributed by atoms with van der Waals surface area (Å²) < 4.78 is 52.2. The number of halogens is 2. The lowest BCUT2D eigenvalue weighted by molar-refractivity contribution is -0.384. The van der Waals surface area contributed by atoms with Crippen LogP contribution in [0.5, 0.6) is 11.5 Å². The number of furan rings is 1. The quantitative estimate of drug-likeness (QED) is 0.106. The summed E-state index contributed by atoms with van der Waals surface area (Å²) in [4.78, 5) is 59.5. The number of ether oxygens (including phenoxy) is 3. The van der Waals surface area contributed by atoms with Crippen LogP contribution in [-0.4, -0.2) is 75.9 Å². The first-order chi connectivity index (χ1) is 23.6. The number of morpholine rings is 1. The number of nitrogens with zero attached hydrogens (tertiary/aromatic N) is 5. The topological polar surface area (TPSA) is 157 Å². The zero-order valence-electron chi connectivity index (χ0n) is 28.9. The SMILES string of the molecule is COc1cc(OC)c(F)c(C(=O)c2o/c(=C/N=C(\C)N(C(C)=O)c3ccc(N4CCOCC4)cc3[N+](=O)[O-])c(=C(C)C)c2N(C)C(C)=O)c1F. The molecule has 4 rings (SSSR count). The third-order valence-electron chi connectivity index (χ3n) is 8.00. The molecule has 2 aromatic carbocycles. The highest BCUT2D eigenvalue weighted by molar-refractivity contribution is 6.17. The van der Waals surface area contributed by atoms with E-state index in [1.807, 2.05) is 4.90 Å². The molecule has 0 saturated carbocycles. The first kappa shape index (κ1) is 37.2. The van der Waals surface area contributed by atoms with Gasteiger partial charge in [0.05, 0.1) is 38.6 Å². The van der Waals surface area contributed by atoms with E-state index < -0.39 is 57.0 Å². The van der Waals surface area contributed by atoms with Gasteiger partial charge in [0.1, 0.15) is 22.8 Å². The van der Waals surface area contributed by atoms with Gasteiger partial charge >= 0.3 is 0 Å². The van der Waals surface area contributed by atoms with Crippen LogP contribution in [-0.2, 0) is 14.3 Å². The average molecular weight is 698 g/mol. The summed E-state index contributed by atoms with van der Waals surface area (Å²) in [5, 5.41) is 12.4. The Morgan fingerprint density at radius 2 is 1.58 bits per heavy atom. The number of methoxy groups -OCH3 is 2. The predicted octanol–water partition coefficient (Wildman–Crippen LogP) is 3.93. The van der Waals surface area contributed by atoms with Crippen molar-refractivity contribution in [1.29, 1.82) is 0 Å². The molecule has 0 atom stereocenters. The normalized spacial score (nSPS) is 13.6. The lowest BCUT2D eigenvalue weighted by Crippen LogP contribution is -2.36. The van der Waals surface area contributed by atoms with Crippen LogP contribution in [0.2, 0.25) is 0 Å². The van der Waals surface area contributed by atoms with Gasteiger partial charge in [-0.1, -0.05) is 5.57 Å². The Kier molecular flexibility index (Phi) is 11.4. The van der Waals surface area contributed by atoms with Gasteiger partial charge in [-0.3, -0.25) is 29.4 Å². The molecule has 266 valence electrons.